The first-order chi connectivity index (χ1) is 18.0. The van der Waals surface area contributed by atoms with Crippen LogP contribution in [0.5, 0.6) is 0 Å². The monoisotopic (exact) mass is 1060 g/mol. The maximum Gasteiger partial charge on any atom is 0.0886 e. The molecule has 0 unspecified atom stereocenters. The van der Waals surface area contributed by atoms with Gasteiger partial charge in [0.05, 0.1) is 22.8 Å². The van der Waals surface area contributed by atoms with Gasteiger partial charge in [0, 0.05) is 99.0 Å². The third-order valence-corrected chi connectivity index (χ3v) is 4.17. The topological polar surface area (TPSA) is 292 Å². The fraction of sp³-hybridized carbons (Fsp3) is 0.214. The SMILES string of the molecule is CC(=O)[O-].CC(=O)[O-].Cc1ccc(-c2ccc(C)cn2)nc1.Cc1ccc(-c2ccc(C)cn2)nc1.[O-2].[O-2].[O-2].[O-2].[O-][O-].[U].[U]. The number of carboxylic acid groups (broad SMARTS) is 2. The molecule has 0 fully saturated rings. The normalized spacial score (nSPS) is 7.73. The number of nitrogens with zero attached hydrogens (tertiary/aromatic N) is 4. The number of aromatic nitrogens is 4. The Balaban J connectivity index is -0.0000000869. The second-order valence-corrected chi connectivity index (χ2v) is 7.87. The van der Waals surface area contributed by atoms with Crippen molar-refractivity contribution in [1.29, 1.82) is 0 Å². The van der Waals surface area contributed by atoms with Crippen LogP contribution in [0.15, 0.2) is 73.3 Å². The van der Waals surface area contributed by atoms with Gasteiger partial charge in [0.25, 0.3) is 0 Å². The molecule has 0 amide bonds. The van der Waals surface area contributed by atoms with Crippen molar-refractivity contribution >= 4 is 11.9 Å². The summed E-state index contributed by atoms with van der Waals surface area (Å²) in [6.45, 7) is 10.1. The summed E-state index contributed by atoms with van der Waals surface area (Å²) in [6.07, 6.45) is 7.43. The summed E-state index contributed by atoms with van der Waals surface area (Å²) in [5, 5.41) is 31.8. The van der Waals surface area contributed by atoms with Crippen LogP contribution in [0.4, 0.5) is 0 Å². The predicted molar refractivity (Wildman–Crippen MR) is 138 cm³/mol. The van der Waals surface area contributed by atoms with Crippen molar-refractivity contribution in [3.05, 3.63) is 95.6 Å². The number of carbonyl (C=O) groups is 2. The van der Waals surface area contributed by atoms with Crippen LogP contribution in [0.25, 0.3) is 22.8 Å². The number of aliphatic carboxylic acids is 2. The van der Waals surface area contributed by atoms with E-state index in [2.05, 4.69) is 19.9 Å². The van der Waals surface area contributed by atoms with E-state index in [1.54, 1.807) is 0 Å². The van der Waals surface area contributed by atoms with Gasteiger partial charge in [-0.1, -0.05) is 24.3 Å². The minimum Gasteiger partial charge on any atom is -2.00 e. The van der Waals surface area contributed by atoms with Crippen molar-refractivity contribution in [1.82, 2.24) is 19.9 Å². The molecule has 0 saturated heterocycles. The Morgan fingerprint density at radius 1 is 0.455 bits per heavy atom. The number of aryl methyl sites for hydroxylation is 4. The number of pyridine rings is 4. The molecule has 0 aliphatic carbocycles. The summed E-state index contributed by atoms with van der Waals surface area (Å²) in [7, 11) is 0. The van der Waals surface area contributed by atoms with E-state index in [1.807, 2.05) is 101 Å². The van der Waals surface area contributed by atoms with E-state index in [0.717, 1.165) is 36.6 Å². The van der Waals surface area contributed by atoms with Gasteiger partial charge in [0.1, 0.15) is 0 Å². The smallest absolute Gasteiger partial charge is 0.0886 e. The van der Waals surface area contributed by atoms with Crippen LogP contribution < -0.4 is 20.7 Å². The van der Waals surface area contributed by atoms with E-state index in [9.17, 15) is 0 Å². The molecule has 242 valence electrons. The Kier molecular flexibility index (Phi) is 43.2. The molecule has 0 saturated carbocycles. The van der Waals surface area contributed by atoms with E-state index < -0.39 is 11.9 Å². The molecule has 14 nitrogen and oxygen atoms in total. The zero-order valence-electron chi connectivity index (χ0n) is 24.8. The van der Waals surface area contributed by atoms with Gasteiger partial charge < -0.3 is 52.2 Å². The van der Waals surface area contributed by atoms with Crippen molar-refractivity contribution < 1.29 is 114 Å². The molecule has 0 aliphatic heterocycles. The van der Waals surface area contributed by atoms with E-state index in [4.69, 9.17) is 30.3 Å². The fourth-order valence-corrected chi connectivity index (χ4v) is 2.48. The van der Waals surface area contributed by atoms with Gasteiger partial charge in [-0.25, -0.2) is 0 Å². The summed E-state index contributed by atoms with van der Waals surface area (Å²) in [5.74, 6) is -2.17. The average Bonchev–Trinajstić information content (AvgIpc) is 2.87. The van der Waals surface area contributed by atoms with Crippen LogP contribution in [0.1, 0.15) is 36.1 Å². The summed E-state index contributed by atoms with van der Waals surface area (Å²) in [5.41, 5.74) is 8.38. The molecule has 0 spiro atoms. The third-order valence-electron chi connectivity index (χ3n) is 4.17. The molecular weight excluding hydrogens is 1030 g/mol. The van der Waals surface area contributed by atoms with Gasteiger partial charge in [0.2, 0.25) is 0 Å². The van der Waals surface area contributed by atoms with Gasteiger partial charge in [0.15, 0.2) is 0 Å². The van der Waals surface area contributed by atoms with Crippen molar-refractivity contribution in [3.63, 3.8) is 0 Å². The number of rotatable bonds is 2. The molecule has 4 rings (SSSR count). The Morgan fingerprint density at radius 3 is 0.682 bits per heavy atom. The van der Waals surface area contributed by atoms with Gasteiger partial charge in [-0.05, 0) is 88.1 Å². The summed E-state index contributed by atoms with van der Waals surface area (Å²) >= 11 is 0. The zero-order chi connectivity index (χ0) is 29.1. The molecule has 0 aromatic carbocycles. The maximum absolute atomic E-state index is 8.89. The summed E-state index contributed by atoms with van der Waals surface area (Å²) < 4.78 is 0. The molecule has 0 N–H and O–H groups in total. The van der Waals surface area contributed by atoms with Crippen LogP contribution in [-0.4, -0.2) is 31.9 Å². The van der Waals surface area contributed by atoms with Crippen molar-refractivity contribution in [3.8, 4) is 22.8 Å². The molecule has 4 aromatic heterocycles. The molecule has 4 heterocycles. The zero-order valence-corrected chi connectivity index (χ0v) is 33.1. The number of carboxylic acids is 2. The molecule has 44 heavy (non-hydrogen) atoms. The molecule has 0 bridgehead atoms. The summed E-state index contributed by atoms with van der Waals surface area (Å²) in [4.78, 5) is 35.0. The van der Waals surface area contributed by atoms with E-state index >= 15 is 0 Å². The van der Waals surface area contributed by atoms with E-state index in [0.29, 0.717) is 0 Å². The molecule has 0 radical (unpaired) electrons. The second kappa shape index (κ2) is 33.3. The standard InChI is InChI=1S/2C12H12N2.2C2H4O2.O2.4O.2U/c2*1-9-3-5-11(13-7-9)12-6-4-10(2)8-14-12;2*1-2(3)4;1-2;;;;;;/h2*3-8H,1-2H3;2*1H3,(H,3,4);;;;;;;/q;;;;5*-2;;/p-2. The molecule has 16 heteroatoms. The Hall–Kier alpha value is -2.60. The molecule has 4 aromatic rings. The largest absolute Gasteiger partial charge is 2.00 e. The average molecular weight is 1060 g/mol. The maximum atomic E-state index is 8.89. The van der Waals surface area contributed by atoms with Crippen LogP contribution in [0, 0.1) is 89.9 Å². The molecule has 0 aliphatic rings. The Morgan fingerprint density at radius 2 is 0.591 bits per heavy atom. The Labute approximate surface area is 304 Å². The number of hydrogen-bond donors (Lipinski definition) is 0. The number of hydrogen-bond acceptors (Lipinski definition) is 10. The van der Waals surface area contributed by atoms with Gasteiger partial charge >= 0.3 is 0 Å². The third kappa shape index (κ3) is 28.2. The molecule has 0 atom stereocenters. The van der Waals surface area contributed by atoms with E-state index in [-0.39, 0.29) is 84.1 Å². The van der Waals surface area contributed by atoms with Crippen LogP contribution in [0.3, 0.4) is 0 Å². The first-order valence-corrected chi connectivity index (χ1v) is 11.2. The molecular formula is C28H30N4O10U2-12. The van der Waals surface area contributed by atoms with Crippen LogP contribution in [-0.2, 0) is 31.5 Å². The van der Waals surface area contributed by atoms with Crippen molar-refractivity contribution in [2.75, 3.05) is 0 Å². The fourth-order valence-electron chi connectivity index (χ4n) is 2.48. The minimum atomic E-state index is -1.08. The quantitative estimate of drug-likeness (QED) is 0.194. The van der Waals surface area contributed by atoms with E-state index in [1.165, 1.54) is 22.3 Å². The number of carbonyl (C=O) groups excluding carboxylic acids is 2. The van der Waals surface area contributed by atoms with Crippen molar-refractivity contribution in [2.24, 2.45) is 0 Å². The Bertz CT molecular complexity index is 1040. The first-order valence-electron chi connectivity index (χ1n) is 11.2. The van der Waals surface area contributed by atoms with Crippen molar-refractivity contribution in [2.45, 2.75) is 41.5 Å². The second-order valence-electron chi connectivity index (χ2n) is 7.87. The van der Waals surface area contributed by atoms with Crippen LogP contribution in [0.2, 0.25) is 0 Å². The predicted octanol–water partition coefficient (Wildman–Crippen LogP) is 0.180. The summed E-state index contributed by atoms with van der Waals surface area (Å²) in [6, 6.07) is 16.2. The van der Waals surface area contributed by atoms with Gasteiger partial charge in [-0.2, -0.15) is 0 Å². The minimum absolute atomic E-state index is 0. The van der Waals surface area contributed by atoms with Gasteiger partial charge in [-0.15, -0.1) is 0 Å². The first kappa shape index (κ1) is 57.1. The van der Waals surface area contributed by atoms with Gasteiger partial charge in [-0.3, -0.25) is 19.9 Å². The van der Waals surface area contributed by atoms with Crippen LogP contribution >= 0.6 is 0 Å².